The van der Waals surface area contributed by atoms with Crippen LogP contribution in [0.4, 0.5) is 0 Å². The van der Waals surface area contributed by atoms with Gasteiger partial charge in [-0.25, -0.2) is 0 Å². The van der Waals surface area contributed by atoms with E-state index >= 15 is 0 Å². The highest BCUT2D eigenvalue weighted by Gasteiger charge is 2.19. The highest BCUT2D eigenvalue weighted by molar-refractivity contribution is 5.43. The Labute approximate surface area is 83.3 Å². The number of benzene rings is 1. The summed E-state index contributed by atoms with van der Waals surface area (Å²) in [5.41, 5.74) is 2.05. The quantitative estimate of drug-likeness (QED) is 0.788. The number of aliphatic hydroxyl groups is 1. The van der Waals surface area contributed by atoms with Crippen molar-refractivity contribution in [2.24, 2.45) is 0 Å². The van der Waals surface area contributed by atoms with E-state index in [9.17, 15) is 5.11 Å². The lowest BCUT2D eigenvalue weighted by atomic mass is 10.0. The first kappa shape index (κ1) is 9.49. The van der Waals surface area contributed by atoms with Crippen molar-refractivity contribution < 1.29 is 14.6 Å². The molecule has 76 valence electrons. The Morgan fingerprint density at radius 2 is 2.43 bits per heavy atom. The molecule has 2 rings (SSSR count). The van der Waals surface area contributed by atoms with Gasteiger partial charge in [-0.05, 0) is 11.6 Å². The third-order valence-electron chi connectivity index (χ3n) is 2.46. The number of hydrogen-bond acceptors (Lipinski definition) is 3. The second kappa shape index (κ2) is 3.98. The predicted octanol–water partition coefficient (Wildman–Crippen LogP) is 1.30. The summed E-state index contributed by atoms with van der Waals surface area (Å²) < 4.78 is 10.3. The maximum atomic E-state index is 9.80. The van der Waals surface area contributed by atoms with Crippen molar-refractivity contribution in [1.82, 2.24) is 0 Å². The summed E-state index contributed by atoms with van der Waals surface area (Å²) in [5, 5.41) is 9.80. The van der Waals surface area contributed by atoms with E-state index in [0.29, 0.717) is 13.2 Å². The van der Waals surface area contributed by atoms with Gasteiger partial charge in [0.2, 0.25) is 0 Å². The summed E-state index contributed by atoms with van der Waals surface area (Å²) in [6.07, 6.45) is 0.336. The lowest BCUT2D eigenvalue weighted by Crippen LogP contribution is -2.07. The van der Waals surface area contributed by atoms with Crippen molar-refractivity contribution in [2.75, 3.05) is 20.3 Å². The first-order valence-corrected chi connectivity index (χ1v) is 4.74. The summed E-state index contributed by atoms with van der Waals surface area (Å²) in [6.45, 7) is 1.04. The van der Waals surface area contributed by atoms with Crippen LogP contribution in [0.3, 0.4) is 0 Å². The minimum absolute atomic E-state index is 0.330. The standard InChI is InChI=1S/C11H14O3/c1-13-7-10(12)8-3-2-4-11-9(8)5-6-14-11/h2-4,10,12H,5-7H2,1H3/t10-/m1/s1. The first-order valence-electron chi connectivity index (χ1n) is 4.74. The van der Waals surface area contributed by atoms with Gasteiger partial charge in [-0.2, -0.15) is 0 Å². The van der Waals surface area contributed by atoms with Crippen LogP contribution in [0.25, 0.3) is 0 Å². The van der Waals surface area contributed by atoms with Crippen molar-refractivity contribution in [3.05, 3.63) is 29.3 Å². The van der Waals surface area contributed by atoms with Crippen LogP contribution < -0.4 is 4.74 Å². The van der Waals surface area contributed by atoms with E-state index in [1.54, 1.807) is 7.11 Å². The van der Waals surface area contributed by atoms with E-state index in [2.05, 4.69) is 0 Å². The molecule has 1 aromatic carbocycles. The summed E-state index contributed by atoms with van der Waals surface area (Å²) in [5.74, 6) is 0.901. The fourth-order valence-corrected chi connectivity index (χ4v) is 1.81. The van der Waals surface area contributed by atoms with Gasteiger partial charge in [0.15, 0.2) is 0 Å². The summed E-state index contributed by atoms with van der Waals surface area (Å²) >= 11 is 0. The normalized spacial score (nSPS) is 16.1. The fourth-order valence-electron chi connectivity index (χ4n) is 1.81. The van der Waals surface area contributed by atoms with Crippen molar-refractivity contribution in [2.45, 2.75) is 12.5 Å². The molecule has 0 bridgehead atoms. The molecule has 0 amide bonds. The average molecular weight is 194 g/mol. The van der Waals surface area contributed by atoms with Gasteiger partial charge in [0.1, 0.15) is 11.9 Å². The molecule has 3 heteroatoms. The van der Waals surface area contributed by atoms with Gasteiger partial charge in [-0.15, -0.1) is 0 Å². The maximum absolute atomic E-state index is 9.80. The lowest BCUT2D eigenvalue weighted by Gasteiger charge is -2.12. The van der Waals surface area contributed by atoms with E-state index in [1.807, 2.05) is 18.2 Å². The zero-order chi connectivity index (χ0) is 9.97. The largest absolute Gasteiger partial charge is 0.493 e. The summed E-state index contributed by atoms with van der Waals surface area (Å²) in [6, 6.07) is 5.76. The summed E-state index contributed by atoms with van der Waals surface area (Å²) in [7, 11) is 1.59. The SMILES string of the molecule is COC[C@@H](O)c1cccc2c1CCO2. The van der Waals surface area contributed by atoms with Crippen LogP contribution in [-0.2, 0) is 11.2 Å². The Morgan fingerprint density at radius 1 is 1.57 bits per heavy atom. The van der Waals surface area contributed by atoms with Crippen molar-refractivity contribution in [3.8, 4) is 5.75 Å². The molecule has 0 unspecified atom stereocenters. The first-order chi connectivity index (χ1) is 6.83. The minimum atomic E-state index is -0.545. The fraction of sp³-hybridized carbons (Fsp3) is 0.455. The van der Waals surface area contributed by atoms with Gasteiger partial charge in [0, 0.05) is 19.1 Å². The van der Waals surface area contributed by atoms with E-state index < -0.39 is 6.10 Å². The van der Waals surface area contributed by atoms with Gasteiger partial charge < -0.3 is 14.6 Å². The molecule has 1 aromatic rings. The number of hydrogen-bond donors (Lipinski definition) is 1. The van der Waals surface area contributed by atoms with Crippen molar-refractivity contribution >= 4 is 0 Å². The van der Waals surface area contributed by atoms with Crippen LogP contribution in [0.2, 0.25) is 0 Å². The topological polar surface area (TPSA) is 38.7 Å². The smallest absolute Gasteiger partial charge is 0.122 e. The molecule has 0 radical (unpaired) electrons. The Morgan fingerprint density at radius 3 is 3.21 bits per heavy atom. The average Bonchev–Trinajstić information content (AvgIpc) is 2.65. The number of fused-ring (bicyclic) bond motifs is 1. The van der Waals surface area contributed by atoms with E-state index in [1.165, 1.54) is 0 Å². The second-order valence-corrected chi connectivity index (χ2v) is 3.39. The second-order valence-electron chi connectivity index (χ2n) is 3.39. The number of aliphatic hydroxyl groups excluding tert-OH is 1. The molecule has 0 saturated heterocycles. The van der Waals surface area contributed by atoms with Crippen LogP contribution >= 0.6 is 0 Å². The Kier molecular flexibility index (Phi) is 2.70. The van der Waals surface area contributed by atoms with Gasteiger partial charge in [-0.1, -0.05) is 12.1 Å². The third kappa shape index (κ3) is 1.61. The molecule has 14 heavy (non-hydrogen) atoms. The molecule has 1 atom stereocenters. The van der Waals surface area contributed by atoms with E-state index in [4.69, 9.17) is 9.47 Å². The molecule has 0 saturated carbocycles. The van der Waals surface area contributed by atoms with Crippen molar-refractivity contribution in [3.63, 3.8) is 0 Å². The van der Waals surface area contributed by atoms with Gasteiger partial charge in [0.05, 0.1) is 13.2 Å². The van der Waals surface area contributed by atoms with Gasteiger partial charge in [0.25, 0.3) is 0 Å². The van der Waals surface area contributed by atoms with E-state index in [0.717, 1.165) is 23.3 Å². The van der Waals surface area contributed by atoms with E-state index in [-0.39, 0.29) is 0 Å². The molecule has 1 aliphatic heterocycles. The molecular formula is C11H14O3. The molecule has 3 nitrogen and oxygen atoms in total. The van der Waals surface area contributed by atoms with Crippen LogP contribution in [-0.4, -0.2) is 25.4 Å². The van der Waals surface area contributed by atoms with Crippen LogP contribution in [0, 0.1) is 0 Å². The molecule has 1 N–H and O–H groups in total. The molecule has 1 aliphatic rings. The summed E-state index contributed by atoms with van der Waals surface area (Å²) in [4.78, 5) is 0. The van der Waals surface area contributed by atoms with Crippen LogP contribution in [0.1, 0.15) is 17.2 Å². The Hall–Kier alpha value is -1.06. The zero-order valence-electron chi connectivity index (χ0n) is 8.19. The molecule has 1 heterocycles. The zero-order valence-corrected chi connectivity index (χ0v) is 8.19. The molecule has 0 aliphatic carbocycles. The lowest BCUT2D eigenvalue weighted by molar-refractivity contribution is 0.0639. The number of rotatable bonds is 3. The monoisotopic (exact) mass is 194 g/mol. The molecule has 0 aromatic heterocycles. The Balaban J connectivity index is 2.29. The number of ether oxygens (including phenoxy) is 2. The predicted molar refractivity (Wildman–Crippen MR) is 52.5 cm³/mol. The third-order valence-corrected chi connectivity index (χ3v) is 2.46. The maximum Gasteiger partial charge on any atom is 0.122 e. The van der Waals surface area contributed by atoms with Crippen LogP contribution in [0.15, 0.2) is 18.2 Å². The highest BCUT2D eigenvalue weighted by atomic mass is 16.5. The van der Waals surface area contributed by atoms with Gasteiger partial charge >= 0.3 is 0 Å². The molecule has 0 spiro atoms. The highest BCUT2D eigenvalue weighted by Crippen LogP contribution is 2.31. The molecule has 0 fully saturated rings. The molecular weight excluding hydrogens is 180 g/mol. The van der Waals surface area contributed by atoms with Gasteiger partial charge in [-0.3, -0.25) is 0 Å². The minimum Gasteiger partial charge on any atom is -0.493 e. The number of methoxy groups -OCH3 is 1. The van der Waals surface area contributed by atoms with Crippen LogP contribution in [0.5, 0.6) is 5.75 Å². The Bertz CT molecular complexity index is 322. The van der Waals surface area contributed by atoms with Crippen molar-refractivity contribution in [1.29, 1.82) is 0 Å².